The monoisotopic (exact) mass is 216 g/mol. The number of rotatable bonds is 3. The molecule has 2 rings (SSSR count). The number of hydrogen-bond donors (Lipinski definition) is 1. The number of hydrogen-bond acceptors (Lipinski definition) is 2. The Morgan fingerprint density at radius 1 is 1.38 bits per heavy atom. The Labute approximate surface area is 93.2 Å². The fraction of sp³-hybridized carbons (Fsp3) is 0.167. The summed E-state index contributed by atoms with van der Waals surface area (Å²) in [5.74, 6) is -1.42. The molecule has 2 aromatic rings. The standard InChI is InChI=1S/C12H12N2O2/c1-9(12(15)16)11-7-13-8-14(11)10-5-3-2-4-6-10/h2-9H,1H3,(H,15,16). The van der Waals surface area contributed by atoms with Gasteiger partial charge in [-0.15, -0.1) is 0 Å². The van der Waals surface area contributed by atoms with E-state index in [4.69, 9.17) is 5.11 Å². The third-order valence-electron chi connectivity index (χ3n) is 2.52. The zero-order chi connectivity index (χ0) is 11.5. The van der Waals surface area contributed by atoms with Crippen LogP contribution in [0.2, 0.25) is 0 Å². The normalized spacial score (nSPS) is 12.3. The predicted octanol–water partition coefficient (Wildman–Crippen LogP) is 2.06. The maximum absolute atomic E-state index is 10.9. The van der Waals surface area contributed by atoms with Gasteiger partial charge in [0.2, 0.25) is 0 Å². The van der Waals surface area contributed by atoms with Crippen molar-refractivity contribution in [3.05, 3.63) is 48.5 Å². The lowest BCUT2D eigenvalue weighted by Gasteiger charge is -2.10. The number of carboxylic acid groups (broad SMARTS) is 1. The summed E-state index contributed by atoms with van der Waals surface area (Å²) in [6.45, 7) is 1.65. The van der Waals surface area contributed by atoms with Gasteiger partial charge in [-0.2, -0.15) is 0 Å². The summed E-state index contributed by atoms with van der Waals surface area (Å²) in [7, 11) is 0. The van der Waals surface area contributed by atoms with Crippen molar-refractivity contribution in [2.75, 3.05) is 0 Å². The third kappa shape index (κ3) is 1.82. The molecule has 1 unspecified atom stereocenters. The lowest BCUT2D eigenvalue weighted by molar-refractivity contribution is -0.138. The van der Waals surface area contributed by atoms with Gasteiger partial charge in [-0.05, 0) is 19.1 Å². The van der Waals surface area contributed by atoms with Crippen LogP contribution >= 0.6 is 0 Å². The van der Waals surface area contributed by atoms with Crippen molar-refractivity contribution in [1.82, 2.24) is 9.55 Å². The average molecular weight is 216 g/mol. The van der Waals surface area contributed by atoms with Crippen LogP contribution in [0, 0.1) is 0 Å². The molecule has 0 saturated heterocycles. The first-order valence-corrected chi connectivity index (χ1v) is 5.00. The fourth-order valence-electron chi connectivity index (χ4n) is 1.56. The van der Waals surface area contributed by atoms with Gasteiger partial charge in [0.05, 0.1) is 17.9 Å². The van der Waals surface area contributed by atoms with Crippen LogP contribution in [-0.4, -0.2) is 20.6 Å². The second-order valence-electron chi connectivity index (χ2n) is 3.58. The smallest absolute Gasteiger partial charge is 0.312 e. The van der Waals surface area contributed by atoms with E-state index in [-0.39, 0.29) is 0 Å². The third-order valence-corrected chi connectivity index (χ3v) is 2.52. The Kier molecular flexibility index (Phi) is 2.72. The van der Waals surface area contributed by atoms with Crippen LogP contribution in [0.3, 0.4) is 0 Å². The van der Waals surface area contributed by atoms with E-state index in [1.54, 1.807) is 24.0 Å². The van der Waals surface area contributed by atoms with Crippen molar-refractivity contribution < 1.29 is 9.90 Å². The zero-order valence-electron chi connectivity index (χ0n) is 8.87. The van der Waals surface area contributed by atoms with Crippen LogP contribution < -0.4 is 0 Å². The van der Waals surface area contributed by atoms with E-state index < -0.39 is 11.9 Å². The minimum absolute atomic E-state index is 0.567. The summed E-state index contributed by atoms with van der Waals surface area (Å²) in [6, 6.07) is 9.56. The van der Waals surface area contributed by atoms with Gasteiger partial charge < -0.3 is 9.67 Å². The second kappa shape index (κ2) is 4.18. The van der Waals surface area contributed by atoms with Gasteiger partial charge in [0, 0.05) is 11.9 Å². The Morgan fingerprint density at radius 3 is 2.69 bits per heavy atom. The van der Waals surface area contributed by atoms with E-state index in [2.05, 4.69) is 4.98 Å². The molecule has 4 heteroatoms. The highest BCUT2D eigenvalue weighted by molar-refractivity contribution is 5.75. The lowest BCUT2D eigenvalue weighted by atomic mass is 10.1. The molecule has 1 heterocycles. The molecule has 0 aliphatic rings. The highest BCUT2D eigenvalue weighted by Crippen LogP contribution is 2.19. The number of benzene rings is 1. The highest BCUT2D eigenvalue weighted by atomic mass is 16.4. The molecule has 16 heavy (non-hydrogen) atoms. The van der Waals surface area contributed by atoms with Crippen molar-refractivity contribution in [3.63, 3.8) is 0 Å². The van der Waals surface area contributed by atoms with E-state index in [0.717, 1.165) is 5.69 Å². The maximum Gasteiger partial charge on any atom is 0.312 e. The van der Waals surface area contributed by atoms with Gasteiger partial charge in [-0.25, -0.2) is 4.98 Å². The van der Waals surface area contributed by atoms with Gasteiger partial charge in [-0.3, -0.25) is 4.79 Å². The topological polar surface area (TPSA) is 55.1 Å². The first kappa shape index (κ1) is 10.4. The van der Waals surface area contributed by atoms with Crippen molar-refractivity contribution in [1.29, 1.82) is 0 Å². The van der Waals surface area contributed by atoms with Crippen LogP contribution in [-0.2, 0) is 4.79 Å². The average Bonchev–Trinajstić information content (AvgIpc) is 2.77. The molecule has 1 aromatic heterocycles. The van der Waals surface area contributed by atoms with Crippen molar-refractivity contribution in [3.8, 4) is 5.69 Å². The van der Waals surface area contributed by atoms with Crippen molar-refractivity contribution in [2.24, 2.45) is 0 Å². The minimum atomic E-state index is -0.849. The van der Waals surface area contributed by atoms with Crippen LogP contribution in [0.25, 0.3) is 5.69 Å². The zero-order valence-corrected chi connectivity index (χ0v) is 8.87. The lowest BCUT2D eigenvalue weighted by Crippen LogP contribution is -2.11. The van der Waals surface area contributed by atoms with E-state index in [0.29, 0.717) is 5.69 Å². The Hall–Kier alpha value is -2.10. The van der Waals surface area contributed by atoms with E-state index in [1.165, 1.54) is 0 Å². The number of carbonyl (C=O) groups is 1. The van der Waals surface area contributed by atoms with Gasteiger partial charge in [-0.1, -0.05) is 18.2 Å². The number of imidazole rings is 1. The summed E-state index contributed by atoms with van der Waals surface area (Å²) in [6.07, 6.45) is 3.22. The van der Waals surface area contributed by atoms with E-state index >= 15 is 0 Å². The van der Waals surface area contributed by atoms with Gasteiger partial charge in [0.15, 0.2) is 0 Å². The molecule has 1 atom stereocenters. The minimum Gasteiger partial charge on any atom is -0.481 e. The summed E-state index contributed by atoms with van der Waals surface area (Å²) < 4.78 is 1.79. The number of nitrogens with zero attached hydrogens (tertiary/aromatic N) is 2. The van der Waals surface area contributed by atoms with Crippen LogP contribution in [0.15, 0.2) is 42.9 Å². The van der Waals surface area contributed by atoms with Crippen LogP contribution in [0.1, 0.15) is 18.5 Å². The quantitative estimate of drug-likeness (QED) is 0.854. The van der Waals surface area contributed by atoms with Crippen molar-refractivity contribution >= 4 is 5.97 Å². The van der Waals surface area contributed by atoms with Gasteiger partial charge >= 0.3 is 5.97 Å². The summed E-state index contributed by atoms with van der Waals surface area (Å²) >= 11 is 0. The van der Waals surface area contributed by atoms with Gasteiger partial charge in [0.25, 0.3) is 0 Å². The van der Waals surface area contributed by atoms with E-state index in [9.17, 15) is 4.79 Å². The summed E-state index contributed by atoms with van der Waals surface area (Å²) in [5.41, 5.74) is 1.60. The molecule has 0 radical (unpaired) electrons. The molecular formula is C12H12N2O2. The molecule has 1 aromatic carbocycles. The number of aromatic nitrogens is 2. The highest BCUT2D eigenvalue weighted by Gasteiger charge is 2.18. The largest absolute Gasteiger partial charge is 0.481 e. The molecule has 4 nitrogen and oxygen atoms in total. The first-order valence-electron chi connectivity index (χ1n) is 5.00. The predicted molar refractivity (Wildman–Crippen MR) is 59.6 cm³/mol. The summed E-state index contributed by atoms with van der Waals surface area (Å²) in [4.78, 5) is 14.9. The number of aliphatic carboxylic acids is 1. The first-order chi connectivity index (χ1) is 7.70. The van der Waals surface area contributed by atoms with Gasteiger partial charge in [0.1, 0.15) is 0 Å². The fourth-order valence-corrected chi connectivity index (χ4v) is 1.56. The Bertz CT molecular complexity index is 491. The van der Waals surface area contributed by atoms with Crippen LogP contribution in [0.5, 0.6) is 0 Å². The Morgan fingerprint density at radius 2 is 2.06 bits per heavy atom. The molecule has 0 fully saturated rings. The SMILES string of the molecule is CC(C(=O)O)c1cncn1-c1ccccc1. The second-order valence-corrected chi connectivity index (χ2v) is 3.58. The van der Waals surface area contributed by atoms with Crippen molar-refractivity contribution in [2.45, 2.75) is 12.8 Å². The molecular weight excluding hydrogens is 204 g/mol. The van der Waals surface area contributed by atoms with Crippen LogP contribution in [0.4, 0.5) is 0 Å². The molecule has 1 N–H and O–H groups in total. The van der Waals surface area contributed by atoms with E-state index in [1.807, 2.05) is 30.3 Å². The molecule has 0 saturated carbocycles. The Balaban J connectivity index is 2.44. The number of carboxylic acids is 1. The summed E-state index contributed by atoms with van der Waals surface area (Å²) in [5, 5.41) is 8.98. The molecule has 0 amide bonds. The molecule has 0 spiro atoms. The molecule has 0 aliphatic carbocycles. The maximum atomic E-state index is 10.9. The number of para-hydroxylation sites is 1. The molecule has 0 bridgehead atoms. The molecule has 0 aliphatic heterocycles. The molecule has 82 valence electrons.